The zero-order valence-corrected chi connectivity index (χ0v) is 12.8. The number of nitrogens with zero attached hydrogens (tertiary/aromatic N) is 2. The van der Waals surface area contributed by atoms with E-state index in [-0.39, 0.29) is 5.84 Å². The van der Waals surface area contributed by atoms with Gasteiger partial charge in [-0.15, -0.1) is 0 Å². The zero-order valence-electron chi connectivity index (χ0n) is 12.8. The van der Waals surface area contributed by atoms with E-state index in [0.717, 1.165) is 24.4 Å². The zero-order chi connectivity index (χ0) is 15.1. The number of amidine groups is 1. The van der Waals surface area contributed by atoms with Crippen molar-refractivity contribution in [3.63, 3.8) is 0 Å². The number of oxime groups is 1. The summed E-state index contributed by atoms with van der Waals surface area (Å²) in [6, 6.07) is 4.41. The Morgan fingerprint density at radius 3 is 2.90 bits per heavy atom. The molecule has 2 rings (SSSR count). The Labute approximate surface area is 126 Å². The summed E-state index contributed by atoms with van der Waals surface area (Å²) in [5, 5.41) is 15.4. The van der Waals surface area contributed by atoms with Crippen molar-refractivity contribution in [1.82, 2.24) is 10.3 Å². The van der Waals surface area contributed by atoms with Crippen molar-refractivity contribution in [2.75, 3.05) is 0 Å². The molecule has 0 aromatic carbocycles. The van der Waals surface area contributed by atoms with Gasteiger partial charge in [0, 0.05) is 18.8 Å². The van der Waals surface area contributed by atoms with E-state index >= 15 is 0 Å². The van der Waals surface area contributed by atoms with Crippen molar-refractivity contribution in [3.8, 4) is 0 Å². The summed E-state index contributed by atoms with van der Waals surface area (Å²) in [5.41, 5.74) is 7.21. The van der Waals surface area contributed by atoms with Crippen LogP contribution < -0.4 is 11.1 Å². The number of hydrogen-bond donors (Lipinski definition) is 3. The largest absolute Gasteiger partial charge is 0.409 e. The maximum atomic E-state index is 8.71. The maximum absolute atomic E-state index is 8.71. The summed E-state index contributed by atoms with van der Waals surface area (Å²) in [6.07, 6.45) is 9.67. The van der Waals surface area contributed by atoms with E-state index in [1.54, 1.807) is 6.20 Å². The maximum Gasteiger partial charge on any atom is 0.188 e. The Morgan fingerprint density at radius 2 is 2.24 bits per heavy atom. The molecule has 0 bridgehead atoms. The quantitative estimate of drug-likeness (QED) is 0.325. The highest BCUT2D eigenvalue weighted by atomic mass is 16.4. The molecular formula is C16H26N4O. The second-order valence-corrected chi connectivity index (χ2v) is 5.83. The average Bonchev–Trinajstić information content (AvgIpc) is 2.56. The van der Waals surface area contributed by atoms with E-state index in [2.05, 4.69) is 22.4 Å². The third kappa shape index (κ3) is 4.43. The summed E-state index contributed by atoms with van der Waals surface area (Å²) in [4.78, 5) is 4.10. The highest BCUT2D eigenvalue weighted by Crippen LogP contribution is 2.27. The molecule has 1 aromatic heterocycles. The van der Waals surface area contributed by atoms with E-state index in [0.29, 0.717) is 11.7 Å². The van der Waals surface area contributed by atoms with Crippen LogP contribution in [0.2, 0.25) is 0 Å². The van der Waals surface area contributed by atoms with Crippen LogP contribution in [0.15, 0.2) is 23.5 Å². The van der Waals surface area contributed by atoms with Crippen molar-refractivity contribution < 1.29 is 5.21 Å². The van der Waals surface area contributed by atoms with E-state index < -0.39 is 0 Å². The van der Waals surface area contributed by atoms with E-state index in [4.69, 9.17) is 10.9 Å². The normalized spacial score (nSPS) is 18.6. The minimum Gasteiger partial charge on any atom is -0.409 e. The topological polar surface area (TPSA) is 83.5 Å². The lowest BCUT2D eigenvalue weighted by Crippen LogP contribution is -2.36. The first-order chi connectivity index (χ1) is 10.2. The highest BCUT2D eigenvalue weighted by Gasteiger charge is 2.21. The van der Waals surface area contributed by atoms with Gasteiger partial charge in [0.2, 0.25) is 0 Å². The van der Waals surface area contributed by atoms with Crippen molar-refractivity contribution in [2.45, 2.75) is 58.0 Å². The van der Waals surface area contributed by atoms with Gasteiger partial charge in [-0.2, -0.15) is 0 Å². The van der Waals surface area contributed by atoms with Gasteiger partial charge in [0.1, 0.15) is 5.69 Å². The van der Waals surface area contributed by atoms with Gasteiger partial charge in [-0.3, -0.25) is 4.98 Å². The van der Waals surface area contributed by atoms with Crippen LogP contribution >= 0.6 is 0 Å². The Kier molecular flexibility index (Phi) is 5.99. The minimum atomic E-state index is 0.0520. The van der Waals surface area contributed by atoms with Crippen LogP contribution in [0, 0.1) is 5.92 Å². The van der Waals surface area contributed by atoms with Crippen molar-refractivity contribution >= 4 is 5.84 Å². The first-order valence-electron chi connectivity index (χ1n) is 7.90. The van der Waals surface area contributed by atoms with Gasteiger partial charge in [-0.1, -0.05) is 31.3 Å². The number of hydrogen-bond acceptors (Lipinski definition) is 4. The van der Waals surface area contributed by atoms with Gasteiger partial charge in [-0.05, 0) is 42.9 Å². The molecule has 0 saturated heterocycles. The summed E-state index contributed by atoms with van der Waals surface area (Å²) < 4.78 is 0. The molecule has 5 nitrogen and oxygen atoms in total. The minimum absolute atomic E-state index is 0.0520. The van der Waals surface area contributed by atoms with Crippen molar-refractivity contribution in [1.29, 1.82) is 0 Å². The summed E-state index contributed by atoms with van der Waals surface area (Å²) in [5.74, 6) is 0.852. The van der Waals surface area contributed by atoms with Crippen LogP contribution in [-0.2, 0) is 6.54 Å². The molecule has 1 unspecified atom stereocenters. The molecule has 21 heavy (non-hydrogen) atoms. The highest BCUT2D eigenvalue weighted by molar-refractivity contribution is 5.95. The van der Waals surface area contributed by atoms with Gasteiger partial charge in [0.05, 0.1) is 0 Å². The van der Waals surface area contributed by atoms with Gasteiger partial charge in [0.15, 0.2) is 5.84 Å². The summed E-state index contributed by atoms with van der Waals surface area (Å²) in [6.45, 7) is 3.05. The molecule has 0 radical (unpaired) electrons. The molecule has 1 aliphatic carbocycles. The SMILES string of the molecule is CCC(NCc1ccnc(C(N)=NO)c1)C1CCCCC1. The lowest BCUT2D eigenvalue weighted by atomic mass is 9.83. The van der Waals surface area contributed by atoms with Gasteiger partial charge in [-0.25, -0.2) is 0 Å². The van der Waals surface area contributed by atoms with Gasteiger partial charge < -0.3 is 16.3 Å². The first kappa shape index (κ1) is 15.8. The number of rotatable bonds is 6. The predicted molar refractivity (Wildman–Crippen MR) is 84.2 cm³/mol. The Hall–Kier alpha value is -1.62. The Balaban J connectivity index is 1.94. The molecule has 1 atom stereocenters. The van der Waals surface area contributed by atoms with Crippen LogP contribution in [0.1, 0.15) is 56.7 Å². The van der Waals surface area contributed by atoms with Crippen molar-refractivity contribution in [3.05, 3.63) is 29.6 Å². The molecule has 1 aromatic rings. The van der Waals surface area contributed by atoms with E-state index in [9.17, 15) is 0 Å². The molecule has 116 valence electrons. The van der Waals surface area contributed by atoms with Crippen molar-refractivity contribution in [2.24, 2.45) is 16.8 Å². The monoisotopic (exact) mass is 290 g/mol. The smallest absolute Gasteiger partial charge is 0.188 e. The van der Waals surface area contributed by atoms with E-state index in [1.807, 2.05) is 12.1 Å². The molecule has 1 saturated carbocycles. The number of nitrogens with one attached hydrogen (secondary N) is 1. The second kappa shape index (κ2) is 7.98. The molecule has 5 heteroatoms. The molecule has 0 aliphatic heterocycles. The fraction of sp³-hybridized carbons (Fsp3) is 0.625. The molecule has 0 spiro atoms. The fourth-order valence-corrected chi connectivity index (χ4v) is 3.21. The van der Waals surface area contributed by atoms with Crippen LogP contribution in [0.25, 0.3) is 0 Å². The molecule has 4 N–H and O–H groups in total. The lowest BCUT2D eigenvalue weighted by molar-refractivity contribution is 0.261. The molecule has 0 amide bonds. The van der Waals surface area contributed by atoms with Crippen LogP contribution in [0.4, 0.5) is 0 Å². The third-order valence-electron chi connectivity index (χ3n) is 4.42. The van der Waals surface area contributed by atoms with Crippen LogP contribution in [0.5, 0.6) is 0 Å². The van der Waals surface area contributed by atoms with Gasteiger partial charge >= 0.3 is 0 Å². The Bertz CT molecular complexity index is 469. The number of aromatic nitrogens is 1. The molecule has 1 heterocycles. The second-order valence-electron chi connectivity index (χ2n) is 5.83. The first-order valence-corrected chi connectivity index (χ1v) is 7.90. The predicted octanol–water partition coefficient (Wildman–Crippen LogP) is 2.62. The average molecular weight is 290 g/mol. The number of pyridine rings is 1. The lowest BCUT2D eigenvalue weighted by Gasteiger charge is -2.30. The summed E-state index contributed by atoms with van der Waals surface area (Å²) in [7, 11) is 0. The van der Waals surface area contributed by atoms with Crippen LogP contribution in [-0.4, -0.2) is 22.1 Å². The fourth-order valence-electron chi connectivity index (χ4n) is 3.21. The van der Waals surface area contributed by atoms with Gasteiger partial charge in [0.25, 0.3) is 0 Å². The summed E-state index contributed by atoms with van der Waals surface area (Å²) >= 11 is 0. The Morgan fingerprint density at radius 1 is 1.48 bits per heavy atom. The molecular weight excluding hydrogens is 264 g/mol. The van der Waals surface area contributed by atoms with Crippen LogP contribution in [0.3, 0.4) is 0 Å². The standard InChI is InChI=1S/C16H26N4O/c1-2-14(13-6-4-3-5-7-13)19-11-12-8-9-18-15(10-12)16(17)20-21/h8-10,13-14,19,21H,2-7,11H2,1H3,(H2,17,20). The third-order valence-corrected chi connectivity index (χ3v) is 4.42. The van der Waals surface area contributed by atoms with E-state index in [1.165, 1.54) is 32.1 Å². The molecule has 1 fully saturated rings. The number of nitrogens with two attached hydrogens (primary N) is 1. The molecule has 1 aliphatic rings.